The fourth-order valence-electron chi connectivity index (χ4n) is 3.38. The summed E-state index contributed by atoms with van der Waals surface area (Å²) in [6.45, 7) is 0. The van der Waals surface area contributed by atoms with Crippen LogP contribution < -0.4 is 0 Å². The number of rotatable bonds is 3. The minimum absolute atomic E-state index is 0.213. The summed E-state index contributed by atoms with van der Waals surface area (Å²) in [6.07, 6.45) is 7.84. The van der Waals surface area contributed by atoms with Crippen LogP contribution in [0.2, 0.25) is 5.02 Å². The van der Waals surface area contributed by atoms with Crippen molar-refractivity contribution in [1.82, 2.24) is 4.98 Å². The number of aliphatic hydroxyl groups is 1. The molecule has 0 amide bonds. The summed E-state index contributed by atoms with van der Waals surface area (Å²) in [4.78, 5) is 3.96. The lowest BCUT2D eigenvalue weighted by Crippen LogP contribution is -2.16. The van der Waals surface area contributed by atoms with Crippen molar-refractivity contribution in [3.63, 3.8) is 0 Å². The molecule has 3 rings (SSSR count). The molecule has 1 aromatic rings. The first kappa shape index (κ1) is 10.5. The van der Waals surface area contributed by atoms with Crippen molar-refractivity contribution in [3.8, 4) is 0 Å². The van der Waals surface area contributed by atoms with Crippen molar-refractivity contribution in [2.75, 3.05) is 0 Å². The largest absolute Gasteiger partial charge is 0.392 e. The predicted molar refractivity (Wildman–Crippen MR) is 63.3 cm³/mol. The maximum Gasteiger partial charge on any atom is 0.0622 e. The van der Waals surface area contributed by atoms with E-state index in [2.05, 4.69) is 4.98 Å². The van der Waals surface area contributed by atoms with E-state index in [1.807, 2.05) is 6.07 Å². The molecular weight excluding hydrogens is 222 g/mol. The predicted octanol–water partition coefficient (Wildman–Crippen LogP) is 2.68. The van der Waals surface area contributed by atoms with Gasteiger partial charge < -0.3 is 5.11 Å². The van der Waals surface area contributed by atoms with Gasteiger partial charge in [0.1, 0.15) is 0 Å². The van der Waals surface area contributed by atoms with Crippen molar-refractivity contribution in [1.29, 1.82) is 0 Å². The first-order valence-electron chi connectivity index (χ1n) is 6.04. The molecule has 3 atom stereocenters. The van der Waals surface area contributed by atoms with Crippen molar-refractivity contribution in [3.05, 3.63) is 29.0 Å². The van der Waals surface area contributed by atoms with Gasteiger partial charge in [-0.2, -0.15) is 0 Å². The summed E-state index contributed by atoms with van der Waals surface area (Å²) < 4.78 is 0. The minimum Gasteiger partial charge on any atom is -0.392 e. The number of halogens is 1. The van der Waals surface area contributed by atoms with E-state index in [0.717, 1.165) is 17.4 Å². The Hall–Kier alpha value is -0.600. The van der Waals surface area contributed by atoms with Crippen LogP contribution in [0.3, 0.4) is 0 Å². The molecule has 1 aromatic heterocycles. The summed E-state index contributed by atoms with van der Waals surface area (Å²) in [5.74, 6) is 2.14. The van der Waals surface area contributed by atoms with E-state index >= 15 is 0 Å². The molecule has 0 radical (unpaired) electrons. The SMILES string of the molecule is OC(Cc1ccncc1Cl)C1C2CCCC21. The van der Waals surface area contributed by atoms with E-state index in [9.17, 15) is 5.11 Å². The van der Waals surface area contributed by atoms with Gasteiger partial charge in [-0.3, -0.25) is 4.98 Å². The molecule has 2 saturated carbocycles. The quantitative estimate of drug-likeness (QED) is 0.877. The second-order valence-electron chi connectivity index (χ2n) is 5.07. The van der Waals surface area contributed by atoms with Crippen LogP contribution in [-0.2, 0) is 6.42 Å². The second-order valence-corrected chi connectivity index (χ2v) is 5.48. The summed E-state index contributed by atoms with van der Waals surface area (Å²) in [5.41, 5.74) is 1.02. The maximum atomic E-state index is 10.2. The molecule has 2 nitrogen and oxygen atoms in total. The number of aliphatic hydroxyl groups excluding tert-OH is 1. The molecule has 0 spiro atoms. The van der Waals surface area contributed by atoms with Gasteiger partial charge in [-0.05, 0) is 42.2 Å². The highest BCUT2D eigenvalue weighted by molar-refractivity contribution is 6.31. The zero-order valence-corrected chi connectivity index (χ0v) is 9.90. The summed E-state index contributed by atoms with van der Waals surface area (Å²) in [7, 11) is 0. The number of aromatic nitrogens is 1. The number of pyridine rings is 1. The number of nitrogens with zero attached hydrogens (tertiary/aromatic N) is 1. The molecular formula is C13H16ClNO. The third-order valence-electron chi connectivity index (χ3n) is 4.20. The molecule has 0 aromatic carbocycles. The Morgan fingerprint density at radius 1 is 1.44 bits per heavy atom. The van der Waals surface area contributed by atoms with Gasteiger partial charge >= 0.3 is 0 Å². The van der Waals surface area contributed by atoms with Gasteiger partial charge in [0.05, 0.1) is 11.1 Å². The molecule has 0 aliphatic heterocycles. The molecule has 1 N–H and O–H groups in total. The monoisotopic (exact) mass is 237 g/mol. The zero-order valence-electron chi connectivity index (χ0n) is 9.14. The molecule has 16 heavy (non-hydrogen) atoms. The molecule has 86 valence electrons. The fourth-order valence-corrected chi connectivity index (χ4v) is 3.58. The molecule has 2 fully saturated rings. The van der Waals surface area contributed by atoms with Crippen LogP contribution in [0.5, 0.6) is 0 Å². The average Bonchev–Trinajstić information content (AvgIpc) is 2.76. The summed E-state index contributed by atoms with van der Waals surface area (Å²) in [5, 5.41) is 10.9. The smallest absolute Gasteiger partial charge is 0.0622 e. The van der Waals surface area contributed by atoms with E-state index in [4.69, 9.17) is 11.6 Å². The third kappa shape index (κ3) is 1.74. The second kappa shape index (κ2) is 4.01. The molecule has 2 aliphatic carbocycles. The Morgan fingerprint density at radius 3 is 2.88 bits per heavy atom. The summed E-state index contributed by atoms with van der Waals surface area (Å²) >= 11 is 6.04. The highest BCUT2D eigenvalue weighted by atomic mass is 35.5. The Labute approximate surface area is 101 Å². The van der Waals surface area contributed by atoms with Gasteiger partial charge in [0.2, 0.25) is 0 Å². The highest BCUT2D eigenvalue weighted by Gasteiger charge is 2.55. The van der Waals surface area contributed by atoms with Crippen LogP contribution in [0.4, 0.5) is 0 Å². The maximum absolute atomic E-state index is 10.2. The normalized spacial score (nSPS) is 33.5. The van der Waals surface area contributed by atoms with Gasteiger partial charge in [-0.25, -0.2) is 0 Å². The Bertz CT molecular complexity index is 385. The van der Waals surface area contributed by atoms with Gasteiger partial charge in [0.15, 0.2) is 0 Å². The molecule has 1 heterocycles. The summed E-state index contributed by atoms with van der Waals surface area (Å²) in [6, 6.07) is 1.91. The van der Waals surface area contributed by atoms with Crippen LogP contribution >= 0.6 is 11.6 Å². The van der Waals surface area contributed by atoms with E-state index in [-0.39, 0.29) is 6.10 Å². The molecule has 3 heteroatoms. The van der Waals surface area contributed by atoms with Crippen molar-refractivity contribution < 1.29 is 5.11 Å². The Kier molecular flexibility index (Phi) is 2.64. The fraction of sp³-hybridized carbons (Fsp3) is 0.615. The van der Waals surface area contributed by atoms with Gasteiger partial charge in [0, 0.05) is 18.8 Å². The van der Waals surface area contributed by atoms with E-state index in [0.29, 0.717) is 17.4 Å². The topological polar surface area (TPSA) is 33.1 Å². The van der Waals surface area contributed by atoms with Crippen LogP contribution in [0.15, 0.2) is 18.5 Å². The highest BCUT2D eigenvalue weighted by Crippen LogP contribution is 2.59. The van der Waals surface area contributed by atoms with E-state index in [1.54, 1.807) is 12.4 Å². The van der Waals surface area contributed by atoms with Gasteiger partial charge in [-0.15, -0.1) is 0 Å². The first-order chi connectivity index (χ1) is 7.77. The Morgan fingerprint density at radius 2 is 2.19 bits per heavy atom. The average molecular weight is 238 g/mol. The van der Waals surface area contributed by atoms with E-state index < -0.39 is 0 Å². The first-order valence-corrected chi connectivity index (χ1v) is 6.41. The van der Waals surface area contributed by atoms with Crippen molar-refractivity contribution in [2.45, 2.75) is 31.8 Å². The third-order valence-corrected chi connectivity index (χ3v) is 4.54. The number of hydrogen-bond donors (Lipinski definition) is 1. The molecule has 0 bridgehead atoms. The van der Waals surface area contributed by atoms with Crippen LogP contribution in [0.25, 0.3) is 0 Å². The molecule has 2 aliphatic rings. The van der Waals surface area contributed by atoms with Crippen molar-refractivity contribution in [2.24, 2.45) is 17.8 Å². The zero-order chi connectivity index (χ0) is 11.1. The lowest BCUT2D eigenvalue weighted by Gasteiger charge is -2.13. The Balaban J connectivity index is 1.65. The lowest BCUT2D eigenvalue weighted by molar-refractivity contribution is 0.135. The molecule has 0 saturated heterocycles. The van der Waals surface area contributed by atoms with Crippen LogP contribution in [0.1, 0.15) is 24.8 Å². The van der Waals surface area contributed by atoms with E-state index in [1.165, 1.54) is 19.3 Å². The minimum atomic E-state index is -0.213. The van der Waals surface area contributed by atoms with Crippen LogP contribution in [-0.4, -0.2) is 16.2 Å². The van der Waals surface area contributed by atoms with Crippen molar-refractivity contribution >= 4 is 11.6 Å². The lowest BCUT2D eigenvalue weighted by atomic mass is 10.0. The van der Waals surface area contributed by atoms with Gasteiger partial charge in [0.25, 0.3) is 0 Å². The standard InChI is InChI=1S/C13H16ClNO/c14-11-7-15-5-4-8(11)6-12(16)13-9-2-1-3-10(9)13/h4-5,7,9-10,12-13,16H,1-3,6H2. The van der Waals surface area contributed by atoms with Crippen LogP contribution in [0, 0.1) is 17.8 Å². The van der Waals surface area contributed by atoms with Gasteiger partial charge in [-0.1, -0.05) is 18.0 Å². The molecule has 3 unspecified atom stereocenters. The number of fused-ring (bicyclic) bond motifs is 1. The number of hydrogen-bond acceptors (Lipinski definition) is 2.